The number of aliphatic hydroxyl groups is 2. The maximum absolute atomic E-state index is 12.3. The normalized spacial score (nSPS) is 20.8. The van der Waals surface area contributed by atoms with Crippen molar-refractivity contribution < 1.29 is 38.7 Å². The van der Waals surface area contributed by atoms with Gasteiger partial charge in [0.2, 0.25) is 0 Å². The largest absolute Gasteiger partial charge is 0.395 e. The van der Waals surface area contributed by atoms with Crippen LogP contribution in [0, 0.1) is 14.4 Å². The molecule has 2 N–H and O–H groups in total. The number of rotatable bonds is 28. The lowest BCUT2D eigenvalue weighted by Crippen LogP contribution is -2.37. The van der Waals surface area contributed by atoms with E-state index >= 15 is 0 Å². The smallest absolute Gasteiger partial charge is 0.171 e. The highest BCUT2D eigenvalue weighted by Crippen LogP contribution is 2.45. The number of nitrogens with zero attached hydrogens (tertiary/aromatic N) is 8. The van der Waals surface area contributed by atoms with Gasteiger partial charge >= 0.3 is 0 Å². The lowest BCUT2D eigenvalue weighted by Gasteiger charge is -2.37. The summed E-state index contributed by atoms with van der Waals surface area (Å²) in [6.45, 7) is 36.0. The quantitative estimate of drug-likeness (QED) is 0.0237. The van der Waals surface area contributed by atoms with Gasteiger partial charge < -0.3 is 39.0 Å². The number of Topliss-reactive ketones (excluding diaryl/α,β-unsaturated/α-hetero) is 2. The van der Waals surface area contributed by atoms with Crippen molar-refractivity contribution in [2.45, 2.75) is 180 Å². The van der Waals surface area contributed by atoms with Crippen LogP contribution in [0.2, 0.25) is 103 Å². The van der Waals surface area contributed by atoms with Crippen LogP contribution in [0.25, 0.3) is 11.3 Å². The Bertz CT molecular complexity index is 2390. The van der Waals surface area contributed by atoms with Crippen molar-refractivity contribution in [2.24, 2.45) is 10.8 Å². The van der Waals surface area contributed by atoms with Crippen LogP contribution in [0.15, 0.2) is 30.6 Å². The van der Waals surface area contributed by atoms with E-state index < -0.39 is 43.1 Å². The zero-order valence-corrected chi connectivity index (χ0v) is 54.6. The summed E-state index contributed by atoms with van der Waals surface area (Å²) in [4.78, 5) is 38.7. The molecule has 21 heteroatoms. The van der Waals surface area contributed by atoms with Gasteiger partial charge in [0.1, 0.15) is 50.1 Å². The summed E-state index contributed by atoms with van der Waals surface area (Å²) < 4.78 is 29.5. The van der Waals surface area contributed by atoms with Gasteiger partial charge in [-0.05, 0) is 112 Å². The molecule has 0 spiro atoms. The standard InChI is InChI=1S/C27H47IN4O4Si2.C27H48N4O4Si2/c1-21(34)27(18-33)10-8-22(9-11-27)24-16-25(32-26(30-24)23(28)17-29-32)31(19-35-12-14-37(2,3)4)20-36-13-15-38(5,6)7;1-22(33)27(19-32)11-8-23(9-12-27)24-18-26(31-25(29-24)10-13-28-31)30(20-34-14-16-36(2,3)4)21-35-15-17-37(5,6)7/h16-17,22,33H,8-15,18-20H2,1-7H3;10,13,18,23,32H,8-9,11-12,14-17,19-21H2,1-7H3. The van der Waals surface area contributed by atoms with Gasteiger partial charge in [-0.15, -0.1) is 0 Å². The third-order valence-corrected chi connectivity index (χ3v) is 22.8. The number of halogens is 1. The third-order valence-electron chi connectivity index (χ3n) is 15.2. The van der Waals surface area contributed by atoms with Gasteiger partial charge in [0, 0.05) is 100 Å². The second-order valence-electron chi connectivity index (χ2n) is 26.4. The second-order valence-corrected chi connectivity index (χ2v) is 50.1. The van der Waals surface area contributed by atoms with Crippen LogP contribution >= 0.6 is 22.6 Å². The highest BCUT2D eigenvalue weighted by Gasteiger charge is 2.41. The minimum atomic E-state index is -1.20. The number of carbonyl (C=O) groups is 2. The first-order chi connectivity index (χ1) is 35.1. The number of carbonyl (C=O) groups excluding carboxylic acids is 2. The number of aliphatic hydroxyl groups excluding tert-OH is 2. The maximum Gasteiger partial charge on any atom is 0.171 e. The summed E-state index contributed by atoms with van der Waals surface area (Å²) in [6.07, 6.45) is 9.69. The zero-order chi connectivity index (χ0) is 55.4. The molecule has 422 valence electrons. The van der Waals surface area contributed by atoms with Crippen LogP contribution in [0.5, 0.6) is 0 Å². The molecule has 2 fully saturated rings. The molecule has 2 aliphatic rings. The summed E-state index contributed by atoms with van der Waals surface area (Å²) in [7, 11) is -4.77. The minimum absolute atomic E-state index is 0.0767. The summed E-state index contributed by atoms with van der Waals surface area (Å²) >= 11 is 2.29. The van der Waals surface area contributed by atoms with Crippen LogP contribution in [0.3, 0.4) is 0 Å². The van der Waals surface area contributed by atoms with Crippen LogP contribution in [0.1, 0.15) is 88.4 Å². The first kappa shape index (κ1) is 63.4. The first-order valence-electron chi connectivity index (χ1n) is 27.5. The monoisotopic (exact) mass is 1220 g/mol. The summed E-state index contributed by atoms with van der Waals surface area (Å²) in [5.74, 6) is 2.47. The number of ether oxygens (including phenoxy) is 4. The molecule has 4 heterocycles. The molecule has 0 radical (unpaired) electrons. The summed E-state index contributed by atoms with van der Waals surface area (Å²) in [5.41, 5.74) is 2.45. The average Bonchev–Trinajstić information content (AvgIpc) is 3.97. The van der Waals surface area contributed by atoms with Crippen molar-refractivity contribution in [1.29, 1.82) is 0 Å². The van der Waals surface area contributed by atoms with E-state index in [0.717, 1.165) is 114 Å². The number of ketones is 2. The Labute approximate surface area is 467 Å². The van der Waals surface area contributed by atoms with Gasteiger partial charge in [0.05, 0.1) is 40.0 Å². The fourth-order valence-electron chi connectivity index (χ4n) is 9.45. The lowest BCUT2D eigenvalue weighted by molar-refractivity contribution is -0.132. The van der Waals surface area contributed by atoms with E-state index in [2.05, 4.69) is 133 Å². The highest BCUT2D eigenvalue weighted by molar-refractivity contribution is 14.1. The Morgan fingerprint density at radius 2 is 0.960 bits per heavy atom. The Morgan fingerprint density at radius 1 is 0.600 bits per heavy atom. The molecule has 0 atom stereocenters. The molecule has 0 saturated heterocycles. The van der Waals surface area contributed by atoms with Crippen molar-refractivity contribution in [3.63, 3.8) is 0 Å². The van der Waals surface area contributed by atoms with Crippen LogP contribution in [-0.2, 0) is 28.5 Å². The van der Waals surface area contributed by atoms with Gasteiger partial charge in [-0.25, -0.2) is 9.97 Å². The molecule has 6 rings (SSSR count). The van der Waals surface area contributed by atoms with Crippen molar-refractivity contribution in [3.8, 4) is 0 Å². The molecule has 0 amide bonds. The van der Waals surface area contributed by atoms with E-state index in [1.807, 2.05) is 21.3 Å². The van der Waals surface area contributed by atoms with E-state index in [-0.39, 0.29) is 36.6 Å². The molecular formula is C54H95IN8O8Si4. The Morgan fingerprint density at radius 3 is 1.31 bits per heavy atom. The molecular weight excluding hydrogens is 1130 g/mol. The Hall–Kier alpha value is -2.46. The van der Waals surface area contributed by atoms with Crippen LogP contribution in [0.4, 0.5) is 11.6 Å². The van der Waals surface area contributed by atoms with Crippen LogP contribution in [-0.4, -0.2) is 150 Å². The van der Waals surface area contributed by atoms with E-state index in [0.29, 0.717) is 52.6 Å². The predicted molar refractivity (Wildman–Crippen MR) is 322 cm³/mol. The zero-order valence-electron chi connectivity index (χ0n) is 48.4. The number of hydrogen-bond donors (Lipinski definition) is 2. The van der Waals surface area contributed by atoms with Gasteiger partial charge in [0.25, 0.3) is 0 Å². The minimum Gasteiger partial charge on any atom is -0.395 e. The van der Waals surface area contributed by atoms with Crippen molar-refractivity contribution in [2.75, 3.05) is 76.4 Å². The molecule has 16 nitrogen and oxygen atoms in total. The van der Waals surface area contributed by atoms with Gasteiger partial charge in [-0.3, -0.25) is 9.59 Å². The number of anilines is 2. The van der Waals surface area contributed by atoms with Gasteiger partial charge in [-0.2, -0.15) is 19.2 Å². The Kier molecular flexibility index (Phi) is 23.3. The topological polar surface area (TPSA) is 178 Å². The molecule has 4 aromatic rings. The van der Waals surface area contributed by atoms with E-state index in [1.54, 1.807) is 20.0 Å². The Balaban J connectivity index is 0.000000277. The molecule has 0 aliphatic heterocycles. The molecule has 0 bridgehead atoms. The van der Waals surface area contributed by atoms with Gasteiger partial charge in [-0.1, -0.05) is 78.6 Å². The molecule has 4 aromatic heterocycles. The fourth-order valence-corrected chi connectivity index (χ4v) is 12.9. The summed E-state index contributed by atoms with van der Waals surface area (Å²) in [5, 5.41) is 29.1. The average molecular weight is 1220 g/mol. The number of fused-ring (bicyclic) bond motifs is 2. The molecule has 2 aliphatic carbocycles. The predicted octanol–water partition coefficient (Wildman–Crippen LogP) is 11.4. The van der Waals surface area contributed by atoms with Crippen molar-refractivity contribution in [1.82, 2.24) is 29.2 Å². The van der Waals surface area contributed by atoms with E-state index in [1.165, 1.54) is 0 Å². The van der Waals surface area contributed by atoms with E-state index in [4.69, 9.17) is 28.9 Å². The van der Waals surface area contributed by atoms with Crippen molar-refractivity contribution in [3.05, 3.63) is 45.6 Å². The molecule has 75 heavy (non-hydrogen) atoms. The van der Waals surface area contributed by atoms with Gasteiger partial charge in [0.15, 0.2) is 11.3 Å². The first-order valence-corrected chi connectivity index (χ1v) is 43.4. The molecule has 2 saturated carbocycles. The highest BCUT2D eigenvalue weighted by atomic mass is 127. The molecule has 0 unspecified atom stereocenters. The fraction of sp³-hybridized carbons (Fsp3) is 0.741. The number of aromatic nitrogens is 6. The van der Waals surface area contributed by atoms with Crippen LogP contribution < -0.4 is 9.80 Å². The second kappa shape index (κ2) is 27.6. The van der Waals surface area contributed by atoms with Crippen molar-refractivity contribution >= 4 is 89.4 Å². The summed E-state index contributed by atoms with van der Waals surface area (Å²) in [6, 6.07) is 10.6. The SMILES string of the molecule is CC(=O)C1(CO)CCC(c2cc(N(COCC[Si](C)(C)C)COCC[Si](C)(C)C)n3ncc(I)c3n2)CC1.CC(=O)C1(CO)CCC(c2cc(N(COCC[Si](C)(C)C)COCC[Si](C)(C)C)n3nccc3n2)CC1. The maximum atomic E-state index is 12.3. The van der Waals surface area contributed by atoms with E-state index in [9.17, 15) is 19.8 Å². The third kappa shape index (κ3) is 19.1. The molecule has 0 aromatic carbocycles. The number of hydrogen-bond acceptors (Lipinski definition) is 14. The lowest BCUT2D eigenvalue weighted by atomic mass is 9.68.